The molecule has 0 spiro atoms. The first kappa shape index (κ1) is 32.5. The van der Waals surface area contributed by atoms with Gasteiger partial charge in [0.2, 0.25) is 0 Å². The maximum Gasteiger partial charge on any atom is 0.143 e. The van der Waals surface area contributed by atoms with E-state index in [0.717, 1.165) is 89.1 Å². The van der Waals surface area contributed by atoms with Crippen LogP contribution in [0.25, 0.3) is 65.8 Å². The van der Waals surface area contributed by atoms with Gasteiger partial charge in [0, 0.05) is 61.9 Å². The van der Waals surface area contributed by atoms with Gasteiger partial charge in [-0.1, -0.05) is 152 Å². The Balaban J connectivity index is 1.12. The molecule has 2 heterocycles. The number of fused-ring (bicyclic) bond motifs is 8. The van der Waals surface area contributed by atoms with E-state index in [1.807, 2.05) is 18.2 Å². The summed E-state index contributed by atoms with van der Waals surface area (Å²) in [5.41, 5.74) is 11.1. The van der Waals surface area contributed by atoms with E-state index in [9.17, 15) is 0 Å². The van der Waals surface area contributed by atoms with Gasteiger partial charge in [0.05, 0.1) is 5.69 Å². The van der Waals surface area contributed by atoms with E-state index in [4.69, 9.17) is 8.83 Å². The first-order valence-electron chi connectivity index (χ1n) is 18.8. The Morgan fingerprint density at radius 1 is 0.618 bits per heavy atom. The highest BCUT2D eigenvalue weighted by molar-refractivity contribution is 6.17. The van der Waals surface area contributed by atoms with Crippen LogP contribution >= 0.6 is 0 Å². The fourth-order valence-electron chi connectivity index (χ4n) is 8.14. The molecular formula is C52H37NO2. The van der Waals surface area contributed by atoms with Gasteiger partial charge in [-0.2, -0.15) is 0 Å². The molecule has 1 aliphatic carbocycles. The van der Waals surface area contributed by atoms with Gasteiger partial charge < -0.3 is 13.7 Å². The zero-order valence-electron chi connectivity index (χ0n) is 30.2. The molecule has 7 aromatic carbocycles. The minimum absolute atomic E-state index is 0.325. The summed E-state index contributed by atoms with van der Waals surface area (Å²) in [4.78, 5) is 2.24. The monoisotopic (exact) mass is 707 g/mol. The lowest BCUT2D eigenvalue weighted by atomic mass is 9.87. The molecular weight excluding hydrogens is 671 g/mol. The third kappa shape index (κ3) is 5.78. The predicted molar refractivity (Wildman–Crippen MR) is 231 cm³/mol. The van der Waals surface area contributed by atoms with Crippen molar-refractivity contribution in [1.29, 1.82) is 0 Å². The van der Waals surface area contributed by atoms with Gasteiger partial charge >= 0.3 is 0 Å². The van der Waals surface area contributed by atoms with Gasteiger partial charge in [-0.15, -0.1) is 0 Å². The van der Waals surface area contributed by atoms with Gasteiger partial charge in [-0.25, -0.2) is 0 Å². The summed E-state index contributed by atoms with van der Waals surface area (Å²) in [5, 5.41) is 6.69. The van der Waals surface area contributed by atoms with E-state index in [1.165, 1.54) is 11.1 Å². The molecule has 0 aliphatic heterocycles. The average molecular weight is 708 g/mol. The van der Waals surface area contributed by atoms with Crippen LogP contribution in [-0.4, -0.2) is 0 Å². The van der Waals surface area contributed by atoms with Gasteiger partial charge in [0.25, 0.3) is 0 Å². The number of benzene rings is 7. The minimum Gasteiger partial charge on any atom is -0.456 e. The van der Waals surface area contributed by atoms with Crippen molar-refractivity contribution >= 4 is 66.0 Å². The number of para-hydroxylation sites is 3. The third-order valence-electron chi connectivity index (χ3n) is 10.8. The van der Waals surface area contributed by atoms with Gasteiger partial charge in [-0.3, -0.25) is 0 Å². The van der Waals surface area contributed by atoms with Gasteiger partial charge in [0.15, 0.2) is 0 Å². The van der Waals surface area contributed by atoms with Crippen LogP contribution in [0.5, 0.6) is 0 Å². The number of anilines is 2. The summed E-state index contributed by atoms with van der Waals surface area (Å²) in [6, 6.07) is 53.2. The maximum atomic E-state index is 6.83. The summed E-state index contributed by atoms with van der Waals surface area (Å²) >= 11 is 0. The van der Waals surface area contributed by atoms with Crippen LogP contribution in [0, 0.1) is 0 Å². The zero-order chi connectivity index (χ0) is 36.7. The Hall–Kier alpha value is -7.10. The second-order valence-corrected chi connectivity index (χ2v) is 14.1. The molecule has 0 bridgehead atoms. The molecule has 10 rings (SSSR count). The summed E-state index contributed by atoms with van der Waals surface area (Å²) < 4.78 is 13.2. The highest BCUT2D eigenvalue weighted by atomic mass is 16.3. The van der Waals surface area contributed by atoms with Crippen molar-refractivity contribution in [2.45, 2.75) is 12.3 Å². The molecule has 3 heteroatoms. The molecule has 0 radical (unpaired) electrons. The molecule has 55 heavy (non-hydrogen) atoms. The first-order chi connectivity index (χ1) is 27.2. The lowest BCUT2D eigenvalue weighted by Gasteiger charge is -2.24. The topological polar surface area (TPSA) is 29.5 Å². The normalized spacial score (nSPS) is 14.8. The number of allylic oxidation sites excluding steroid dienone is 8. The molecule has 1 aliphatic rings. The van der Waals surface area contributed by atoms with Crippen molar-refractivity contribution in [2.24, 2.45) is 0 Å². The van der Waals surface area contributed by atoms with E-state index in [1.54, 1.807) is 0 Å². The molecule has 0 saturated carbocycles. The fraction of sp³-hybridized carbons (Fsp3) is 0.0385. The average Bonchev–Trinajstić information content (AvgIpc) is 3.83. The van der Waals surface area contributed by atoms with Crippen molar-refractivity contribution in [3.8, 4) is 11.1 Å². The van der Waals surface area contributed by atoms with E-state index in [0.29, 0.717) is 5.92 Å². The third-order valence-corrected chi connectivity index (χ3v) is 10.8. The van der Waals surface area contributed by atoms with Gasteiger partial charge in [-0.05, 0) is 64.9 Å². The highest BCUT2D eigenvalue weighted by Crippen LogP contribution is 2.43. The van der Waals surface area contributed by atoms with E-state index < -0.39 is 0 Å². The lowest BCUT2D eigenvalue weighted by Crippen LogP contribution is -2.09. The second-order valence-electron chi connectivity index (χ2n) is 14.1. The quantitative estimate of drug-likeness (QED) is 0.147. The van der Waals surface area contributed by atoms with Crippen molar-refractivity contribution < 1.29 is 8.83 Å². The molecule has 0 N–H and O–H groups in total. The Bertz CT molecular complexity index is 3040. The Morgan fingerprint density at radius 3 is 2.25 bits per heavy atom. The van der Waals surface area contributed by atoms with Crippen molar-refractivity contribution in [3.63, 3.8) is 0 Å². The first-order valence-corrected chi connectivity index (χ1v) is 18.8. The Morgan fingerprint density at radius 2 is 1.35 bits per heavy atom. The molecule has 0 amide bonds. The van der Waals surface area contributed by atoms with Crippen molar-refractivity contribution in [1.82, 2.24) is 0 Å². The highest BCUT2D eigenvalue weighted by Gasteiger charge is 2.20. The van der Waals surface area contributed by atoms with Crippen LogP contribution in [0.1, 0.15) is 17.9 Å². The Labute approximate surface area is 319 Å². The maximum absolute atomic E-state index is 6.83. The summed E-state index contributed by atoms with van der Waals surface area (Å²) in [6.07, 6.45) is 16.2. The van der Waals surface area contributed by atoms with Crippen LogP contribution in [0.3, 0.4) is 0 Å². The smallest absolute Gasteiger partial charge is 0.143 e. The number of furan rings is 2. The van der Waals surface area contributed by atoms with E-state index in [2.05, 4.69) is 188 Å². The SMILES string of the molecule is C=C/C(=C\C=C\N(c1ccc2c(c1)oc1ccccc12)c1ccccc1-c1cccc2c1oc1c3ccccc3ccc21)C1=CC(c2ccccc2)CC=C1. The van der Waals surface area contributed by atoms with Crippen LogP contribution < -0.4 is 4.90 Å². The molecule has 0 saturated heterocycles. The van der Waals surface area contributed by atoms with Crippen molar-refractivity contribution in [3.05, 3.63) is 218 Å². The number of hydrogen-bond acceptors (Lipinski definition) is 3. The Kier molecular flexibility index (Phi) is 8.11. The predicted octanol–water partition coefficient (Wildman–Crippen LogP) is 14.7. The minimum atomic E-state index is 0.325. The molecule has 9 aromatic rings. The molecule has 2 aromatic heterocycles. The van der Waals surface area contributed by atoms with Gasteiger partial charge in [0.1, 0.15) is 22.3 Å². The summed E-state index contributed by atoms with van der Waals surface area (Å²) in [7, 11) is 0. The largest absolute Gasteiger partial charge is 0.456 e. The van der Waals surface area contributed by atoms with E-state index in [-0.39, 0.29) is 0 Å². The number of rotatable bonds is 8. The van der Waals surface area contributed by atoms with Crippen LogP contribution in [-0.2, 0) is 0 Å². The number of hydrogen-bond donors (Lipinski definition) is 0. The molecule has 1 unspecified atom stereocenters. The lowest BCUT2D eigenvalue weighted by molar-refractivity contribution is 0.669. The standard InChI is InChI=1S/C52H37NO2/c1-2-35(38-18-12-19-39(33-38)36-15-4-3-5-16-36)20-14-32-53(40-29-31-44-43-23-9-11-27-49(43)54-50(44)34-40)48-26-10-8-22-42(48)45-24-13-25-46-47-30-28-37-17-6-7-21-41(37)51(47)55-52(45)46/h2-18,20-34,39H,1,19H2/b32-14+,35-20+. The molecule has 3 nitrogen and oxygen atoms in total. The van der Waals surface area contributed by atoms with Crippen LogP contribution in [0.2, 0.25) is 0 Å². The van der Waals surface area contributed by atoms with Crippen molar-refractivity contribution in [2.75, 3.05) is 4.90 Å². The van der Waals surface area contributed by atoms with E-state index >= 15 is 0 Å². The number of nitrogens with zero attached hydrogens (tertiary/aromatic N) is 1. The molecule has 262 valence electrons. The van der Waals surface area contributed by atoms with Crippen LogP contribution in [0.4, 0.5) is 11.4 Å². The zero-order valence-corrected chi connectivity index (χ0v) is 30.2. The summed E-state index contributed by atoms with van der Waals surface area (Å²) in [6.45, 7) is 4.21. The molecule has 1 atom stereocenters. The summed E-state index contributed by atoms with van der Waals surface area (Å²) in [5.74, 6) is 0.325. The second kappa shape index (κ2) is 13.7. The molecule has 0 fully saturated rings. The fourth-order valence-corrected chi connectivity index (χ4v) is 8.14. The van der Waals surface area contributed by atoms with Crippen LogP contribution in [0.15, 0.2) is 221 Å².